The lowest BCUT2D eigenvalue weighted by atomic mass is 9.95. The predicted molar refractivity (Wildman–Crippen MR) is 55.3 cm³/mol. The molecular weight excluding hydrogens is 172 g/mol. The van der Waals surface area contributed by atoms with Gasteiger partial charge in [-0.15, -0.1) is 0 Å². The first-order valence-corrected chi connectivity index (χ1v) is 5.71. The Kier molecular flexibility index (Phi) is 2.50. The molecule has 0 spiro atoms. The summed E-state index contributed by atoms with van der Waals surface area (Å²) in [6.07, 6.45) is 1.25. The van der Waals surface area contributed by atoms with E-state index < -0.39 is 17.7 Å². The largest absolute Gasteiger partial charge is 0.390 e. The highest BCUT2D eigenvalue weighted by Gasteiger charge is 2.37. The van der Waals surface area contributed by atoms with Crippen LogP contribution >= 0.6 is 11.6 Å². The zero-order chi connectivity index (χ0) is 11.6. The molecule has 1 rings (SSSR count). The van der Waals surface area contributed by atoms with Crippen LogP contribution in [0.2, 0.25) is 0 Å². The maximum absolute atomic E-state index is 9.83. The Balaban J connectivity index is 2.51. The average molecular weight is 196 g/mol. The van der Waals surface area contributed by atoms with Crippen molar-refractivity contribution in [2.75, 3.05) is 12.0 Å². The average Bonchev–Trinajstić information content (AvgIpc) is 2.39. The van der Waals surface area contributed by atoms with Gasteiger partial charge in [0.25, 0.3) is 0 Å². The van der Waals surface area contributed by atoms with E-state index >= 15 is 0 Å². The molecule has 0 aromatic carbocycles. The Labute approximate surface area is 82.3 Å². The molecule has 0 aromatic rings. The van der Waals surface area contributed by atoms with E-state index in [0.717, 1.165) is 0 Å². The highest BCUT2D eigenvalue weighted by atomic mass is 32.2. The summed E-state index contributed by atoms with van der Waals surface area (Å²) in [5.41, 5.74) is 0. The van der Waals surface area contributed by atoms with Crippen LogP contribution in [0.4, 0.5) is 0 Å². The fourth-order valence-electron chi connectivity index (χ4n) is 1.64. The Bertz CT molecular complexity index is 210. The van der Waals surface area contributed by atoms with Crippen LogP contribution in [-0.2, 0) is 4.74 Å². The molecule has 0 amide bonds. The Morgan fingerprint density at radius 2 is 2.58 bits per heavy atom. The van der Waals surface area contributed by atoms with Crippen LogP contribution in [0.3, 0.4) is 0 Å². The van der Waals surface area contributed by atoms with E-state index in [0.29, 0.717) is 12.2 Å². The van der Waals surface area contributed by atoms with E-state index in [-0.39, 0.29) is 25.0 Å². The van der Waals surface area contributed by atoms with Gasteiger partial charge in [0.05, 0.1) is 20.6 Å². The summed E-state index contributed by atoms with van der Waals surface area (Å²) in [6.45, 7) is 1.95. The van der Waals surface area contributed by atoms with Gasteiger partial charge < -0.3 is 9.84 Å². The lowest BCUT2D eigenvalue weighted by molar-refractivity contribution is 0.0287. The molecule has 74 valence electrons. The zero-order valence-corrected chi connectivity index (χ0v) is 8.51. The molecule has 1 saturated heterocycles. The highest BCUT2D eigenvalue weighted by molar-refractivity contribution is 7.98. The minimum Gasteiger partial charge on any atom is -0.390 e. The molecule has 1 aliphatic heterocycles. The number of hydrogen-bond donors (Lipinski definition) is 1. The molecule has 1 fully saturated rings. The van der Waals surface area contributed by atoms with Gasteiger partial charge in [0, 0.05) is 7.29 Å². The smallest absolute Gasteiger partial charge is 0.0852 e. The second-order valence-corrected chi connectivity index (χ2v) is 4.30. The topological polar surface area (TPSA) is 29.5 Å². The molecule has 0 bridgehead atoms. The lowest BCUT2D eigenvalue weighted by Gasteiger charge is -2.16. The SMILES string of the molecule is [2H]C[C@H]1O[C@@H](C)[C@@H](O)C1CCS([2H])([3H])C. The molecule has 12 heavy (non-hydrogen) atoms. The molecule has 2 nitrogen and oxygen atoms in total. The monoisotopic (exact) mass is 196 g/mol. The van der Waals surface area contributed by atoms with Gasteiger partial charge in [-0.25, -0.2) is 0 Å². The molecule has 0 aromatic heterocycles. The minimum absolute atomic E-state index is 0.0694. The molecule has 0 saturated carbocycles. The summed E-state index contributed by atoms with van der Waals surface area (Å²) >= 11 is -2.01. The summed E-state index contributed by atoms with van der Waals surface area (Å²) < 4.78 is 27.8. The summed E-state index contributed by atoms with van der Waals surface area (Å²) in [5.74, 6) is 0.418. The molecule has 1 N–H and O–H groups in total. The van der Waals surface area contributed by atoms with Crippen LogP contribution in [0.15, 0.2) is 0 Å². The molecule has 0 radical (unpaired) electrons. The van der Waals surface area contributed by atoms with Crippen molar-refractivity contribution in [1.82, 2.24) is 0 Å². The fourth-order valence-corrected chi connectivity index (χ4v) is 2.14. The van der Waals surface area contributed by atoms with E-state index in [4.69, 9.17) is 8.36 Å². The third-order valence-corrected chi connectivity index (χ3v) is 3.09. The zero-order valence-electron chi connectivity index (χ0n) is 10.7. The summed E-state index contributed by atoms with van der Waals surface area (Å²) in [4.78, 5) is 0. The van der Waals surface area contributed by atoms with Crippen LogP contribution in [0, 0.1) is 5.92 Å². The maximum Gasteiger partial charge on any atom is 0.0852 e. The normalized spacial score (nSPS) is 53.4. The third kappa shape index (κ3) is 2.15. The fraction of sp³-hybridized carbons (Fsp3) is 1.00. The quantitative estimate of drug-likeness (QED) is 0.729. The predicted octanol–water partition coefficient (Wildman–Crippen LogP) is 0.988. The third-order valence-electron chi connectivity index (χ3n) is 2.44. The number of aliphatic hydroxyl groups excluding tert-OH is 1. The van der Waals surface area contributed by atoms with Crippen molar-refractivity contribution in [1.29, 1.82) is 2.25 Å². The van der Waals surface area contributed by atoms with Crippen molar-refractivity contribution in [2.24, 2.45) is 5.92 Å². The molecule has 2 unspecified atom stereocenters. The second-order valence-electron chi connectivity index (χ2n) is 3.32. The first kappa shape index (κ1) is 6.68. The van der Waals surface area contributed by atoms with Gasteiger partial charge in [0.2, 0.25) is 0 Å². The van der Waals surface area contributed by atoms with Gasteiger partial charge in [-0.2, -0.15) is 0 Å². The summed E-state index contributed by atoms with van der Waals surface area (Å²) in [7, 11) is 0. The first-order chi connectivity index (χ1) is 6.85. The molecule has 3 heteroatoms. The number of ether oxygens (including phenoxy) is 1. The van der Waals surface area contributed by atoms with E-state index in [2.05, 4.69) is 0 Å². The van der Waals surface area contributed by atoms with E-state index in [1.165, 1.54) is 0 Å². The van der Waals surface area contributed by atoms with Crippen LogP contribution in [-0.4, -0.2) is 37.7 Å². The van der Waals surface area contributed by atoms with E-state index in [1.807, 2.05) is 0 Å². The maximum atomic E-state index is 9.83. The van der Waals surface area contributed by atoms with E-state index in [9.17, 15) is 5.11 Å². The van der Waals surface area contributed by atoms with Crippen molar-refractivity contribution in [3.63, 3.8) is 0 Å². The molecule has 1 aliphatic rings. The Hall–Kier alpha value is 0.270. The lowest BCUT2D eigenvalue weighted by Crippen LogP contribution is -2.25. The molecule has 5 atom stereocenters. The van der Waals surface area contributed by atoms with Crippen molar-refractivity contribution in [3.05, 3.63) is 0 Å². The van der Waals surface area contributed by atoms with Crippen molar-refractivity contribution < 1.29 is 11.2 Å². The summed E-state index contributed by atoms with van der Waals surface area (Å²) in [5, 5.41) is 9.83. The summed E-state index contributed by atoms with van der Waals surface area (Å²) in [6, 6.07) is 0. The number of hydrogen-bond acceptors (Lipinski definition) is 2. The van der Waals surface area contributed by atoms with Gasteiger partial charge in [-0.05, 0) is 32.3 Å². The minimum atomic E-state index is -2.01. The van der Waals surface area contributed by atoms with Crippen molar-refractivity contribution >= 4 is 11.6 Å². The van der Waals surface area contributed by atoms with Gasteiger partial charge in [0.1, 0.15) is 0 Å². The van der Waals surface area contributed by atoms with Crippen LogP contribution in [0.25, 0.3) is 0 Å². The van der Waals surface area contributed by atoms with Crippen molar-refractivity contribution in [3.8, 4) is 0 Å². The standard InChI is InChI=1S/C9H20O2S/c1-6-8(4-5-12-3)9(10)7(2)11-6/h6-10H,4-5,12H2,1-3H3/t6-,7+,8?,9-/m1/s1/i1D,12TD. The second kappa shape index (κ2) is 4.49. The van der Waals surface area contributed by atoms with Crippen LogP contribution in [0.1, 0.15) is 21.6 Å². The Morgan fingerprint density at radius 1 is 1.83 bits per heavy atom. The van der Waals surface area contributed by atoms with E-state index in [1.54, 1.807) is 13.2 Å². The van der Waals surface area contributed by atoms with Gasteiger partial charge in [0.15, 0.2) is 0 Å². The highest BCUT2D eigenvalue weighted by Crippen LogP contribution is 2.29. The van der Waals surface area contributed by atoms with Crippen molar-refractivity contribution in [2.45, 2.75) is 38.6 Å². The molecule has 0 aliphatic carbocycles. The molecule has 1 heterocycles. The van der Waals surface area contributed by atoms with Crippen LogP contribution < -0.4 is 0 Å². The Morgan fingerprint density at radius 3 is 3.17 bits per heavy atom. The number of aliphatic hydroxyl groups is 1. The number of rotatable bonds is 3. The molecular formula is C9H20O2S. The first-order valence-electron chi connectivity index (χ1n) is 5.84. The van der Waals surface area contributed by atoms with Gasteiger partial charge in [-0.1, -0.05) is 0 Å². The van der Waals surface area contributed by atoms with Crippen LogP contribution in [0.5, 0.6) is 0 Å². The van der Waals surface area contributed by atoms with Gasteiger partial charge in [-0.3, -0.25) is 11.6 Å². The van der Waals surface area contributed by atoms with Gasteiger partial charge >= 0.3 is 0 Å².